The van der Waals surface area contributed by atoms with Gasteiger partial charge in [-0.05, 0) is 50.2 Å². The fourth-order valence-corrected chi connectivity index (χ4v) is 3.20. The fraction of sp³-hybridized carbons (Fsp3) is 0.136. The zero-order chi connectivity index (χ0) is 20.4. The smallest absolute Gasteiger partial charge is 0.249 e. The summed E-state index contributed by atoms with van der Waals surface area (Å²) in [7, 11) is 0. The van der Waals surface area contributed by atoms with E-state index >= 15 is 0 Å². The number of amides is 1. The Morgan fingerprint density at radius 2 is 1.79 bits per heavy atom. The maximum Gasteiger partial charge on any atom is 0.249 e. The lowest BCUT2D eigenvalue weighted by Crippen LogP contribution is -2.20. The Hall–Kier alpha value is -3.74. The number of carbonyl (C=O) groups is 1. The monoisotopic (exact) mass is 390 g/mol. The Labute approximate surface area is 167 Å². The van der Waals surface area contributed by atoms with Gasteiger partial charge in [0.05, 0.1) is 5.56 Å². The van der Waals surface area contributed by atoms with E-state index in [4.69, 9.17) is 4.42 Å². The molecule has 0 radical (unpaired) electrons. The van der Waals surface area contributed by atoms with E-state index in [1.165, 1.54) is 12.1 Å². The van der Waals surface area contributed by atoms with Gasteiger partial charge in [0.25, 0.3) is 0 Å². The third-order valence-corrected chi connectivity index (χ3v) is 4.66. The lowest BCUT2D eigenvalue weighted by Gasteiger charge is -2.10. The van der Waals surface area contributed by atoms with Gasteiger partial charge in [0.15, 0.2) is 0 Å². The van der Waals surface area contributed by atoms with Gasteiger partial charge >= 0.3 is 0 Å². The van der Waals surface area contributed by atoms with Gasteiger partial charge in [-0.1, -0.05) is 24.3 Å². The highest BCUT2D eigenvalue weighted by molar-refractivity contribution is 5.90. The number of hydrogen-bond acceptors (Lipinski definition) is 4. The quantitative estimate of drug-likeness (QED) is 0.541. The van der Waals surface area contributed by atoms with Crippen molar-refractivity contribution >= 4 is 11.6 Å². The predicted octanol–water partition coefficient (Wildman–Crippen LogP) is 4.60. The Morgan fingerprint density at radius 1 is 1.03 bits per heavy atom. The standard InChI is InChI=1S/C22H19FN4O2/c1-14-11-19(22-26-25-21(29-22)16-7-4-3-5-8-16)15(2)27(14)13-20(28)24-18-10-6-9-17(23)12-18/h3-12H,13H2,1-2H3,(H,24,28). The SMILES string of the molecule is Cc1cc(-c2nnc(-c3ccccc3)o2)c(C)n1CC(=O)Nc1cccc(F)c1. The van der Waals surface area contributed by atoms with E-state index in [2.05, 4.69) is 15.5 Å². The van der Waals surface area contributed by atoms with Gasteiger partial charge in [-0.3, -0.25) is 4.79 Å². The highest BCUT2D eigenvalue weighted by atomic mass is 19.1. The normalized spacial score (nSPS) is 10.9. The van der Waals surface area contributed by atoms with Crippen molar-refractivity contribution in [1.82, 2.24) is 14.8 Å². The summed E-state index contributed by atoms with van der Waals surface area (Å²) in [5, 5.41) is 11.0. The lowest BCUT2D eigenvalue weighted by atomic mass is 10.2. The van der Waals surface area contributed by atoms with Crippen LogP contribution in [-0.4, -0.2) is 20.7 Å². The zero-order valence-electron chi connectivity index (χ0n) is 16.0. The van der Waals surface area contributed by atoms with Gasteiger partial charge in [0.2, 0.25) is 17.7 Å². The highest BCUT2D eigenvalue weighted by Gasteiger charge is 2.18. The molecule has 2 aromatic heterocycles. The van der Waals surface area contributed by atoms with Crippen molar-refractivity contribution in [3.05, 3.63) is 77.9 Å². The fourth-order valence-electron chi connectivity index (χ4n) is 3.20. The Morgan fingerprint density at radius 3 is 2.55 bits per heavy atom. The third-order valence-electron chi connectivity index (χ3n) is 4.66. The first-order valence-electron chi connectivity index (χ1n) is 9.12. The number of benzene rings is 2. The maximum absolute atomic E-state index is 13.3. The number of anilines is 1. The number of carbonyl (C=O) groups excluding carboxylic acids is 1. The molecule has 4 rings (SSSR count). The van der Waals surface area contributed by atoms with E-state index in [-0.39, 0.29) is 12.5 Å². The summed E-state index contributed by atoms with van der Waals surface area (Å²) in [5.41, 5.74) is 3.75. The molecule has 0 spiro atoms. The molecule has 146 valence electrons. The van der Waals surface area contributed by atoms with E-state index in [1.807, 2.05) is 54.8 Å². The van der Waals surface area contributed by atoms with Crippen LogP contribution in [0.15, 0.2) is 65.1 Å². The van der Waals surface area contributed by atoms with Crippen LogP contribution in [0.25, 0.3) is 22.9 Å². The third kappa shape index (κ3) is 3.94. The van der Waals surface area contributed by atoms with E-state index in [0.29, 0.717) is 17.5 Å². The van der Waals surface area contributed by atoms with Gasteiger partial charge in [0.1, 0.15) is 12.4 Å². The number of rotatable bonds is 5. The van der Waals surface area contributed by atoms with Crippen LogP contribution in [0.1, 0.15) is 11.4 Å². The number of halogens is 1. The van der Waals surface area contributed by atoms with Crippen molar-refractivity contribution in [2.45, 2.75) is 20.4 Å². The second kappa shape index (κ2) is 7.71. The summed E-state index contributed by atoms with van der Waals surface area (Å²) in [6.45, 7) is 3.89. The average molecular weight is 390 g/mol. The van der Waals surface area contributed by atoms with Crippen LogP contribution >= 0.6 is 0 Å². The molecule has 29 heavy (non-hydrogen) atoms. The topological polar surface area (TPSA) is 73.0 Å². The van der Waals surface area contributed by atoms with Crippen molar-refractivity contribution in [1.29, 1.82) is 0 Å². The number of nitrogens with zero attached hydrogens (tertiary/aromatic N) is 3. The first kappa shape index (κ1) is 18.6. The molecule has 7 heteroatoms. The summed E-state index contributed by atoms with van der Waals surface area (Å²) in [4.78, 5) is 12.4. The molecule has 1 N–H and O–H groups in total. The van der Waals surface area contributed by atoms with E-state index in [1.54, 1.807) is 12.1 Å². The van der Waals surface area contributed by atoms with Crippen LogP contribution < -0.4 is 5.32 Å². The molecule has 6 nitrogen and oxygen atoms in total. The van der Waals surface area contributed by atoms with Gasteiger partial charge in [0, 0.05) is 22.6 Å². The number of nitrogens with one attached hydrogen (secondary N) is 1. The van der Waals surface area contributed by atoms with Crippen molar-refractivity contribution in [2.75, 3.05) is 5.32 Å². The van der Waals surface area contributed by atoms with Crippen LogP contribution in [0.4, 0.5) is 10.1 Å². The summed E-state index contributed by atoms with van der Waals surface area (Å²) in [6, 6.07) is 17.2. The van der Waals surface area contributed by atoms with E-state index < -0.39 is 5.82 Å². The van der Waals surface area contributed by atoms with Crippen LogP contribution in [0, 0.1) is 19.7 Å². The molecule has 0 atom stereocenters. The van der Waals surface area contributed by atoms with Crippen LogP contribution in [0.5, 0.6) is 0 Å². The highest BCUT2D eigenvalue weighted by Crippen LogP contribution is 2.28. The second-order valence-electron chi connectivity index (χ2n) is 6.71. The summed E-state index contributed by atoms with van der Waals surface area (Å²) in [5.74, 6) is 0.187. The first-order valence-corrected chi connectivity index (χ1v) is 9.12. The minimum Gasteiger partial charge on any atom is -0.416 e. The molecule has 0 unspecified atom stereocenters. The van der Waals surface area contributed by atoms with Crippen LogP contribution in [0.2, 0.25) is 0 Å². The second-order valence-corrected chi connectivity index (χ2v) is 6.71. The Bertz CT molecular complexity index is 1160. The number of aromatic nitrogens is 3. The minimum absolute atomic E-state index is 0.0911. The maximum atomic E-state index is 13.3. The summed E-state index contributed by atoms with van der Waals surface area (Å²) < 4.78 is 21.0. The van der Waals surface area contributed by atoms with Gasteiger partial charge in [-0.15, -0.1) is 10.2 Å². The van der Waals surface area contributed by atoms with Crippen LogP contribution in [-0.2, 0) is 11.3 Å². The molecule has 0 saturated heterocycles. The minimum atomic E-state index is -0.399. The molecule has 0 aliphatic carbocycles. The molecule has 4 aromatic rings. The van der Waals surface area contributed by atoms with Gasteiger partial charge < -0.3 is 14.3 Å². The molecular weight excluding hydrogens is 371 g/mol. The molecule has 2 heterocycles. The largest absolute Gasteiger partial charge is 0.416 e. The average Bonchev–Trinajstić information content (AvgIpc) is 3.29. The van der Waals surface area contributed by atoms with Crippen molar-refractivity contribution < 1.29 is 13.6 Å². The molecule has 0 bridgehead atoms. The predicted molar refractivity (Wildman–Crippen MR) is 108 cm³/mol. The van der Waals surface area contributed by atoms with Crippen LogP contribution in [0.3, 0.4) is 0 Å². The van der Waals surface area contributed by atoms with Gasteiger partial charge in [-0.2, -0.15) is 0 Å². The molecule has 2 aromatic carbocycles. The zero-order valence-corrected chi connectivity index (χ0v) is 16.0. The number of hydrogen-bond donors (Lipinski definition) is 1. The summed E-state index contributed by atoms with van der Waals surface area (Å²) >= 11 is 0. The van der Waals surface area contributed by atoms with E-state index in [9.17, 15) is 9.18 Å². The molecule has 1 amide bonds. The van der Waals surface area contributed by atoms with Crippen molar-refractivity contribution in [3.63, 3.8) is 0 Å². The molecule has 0 saturated carbocycles. The molecule has 0 aliphatic rings. The molecular formula is C22H19FN4O2. The molecule has 0 fully saturated rings. The number of aryl methyl sites for hydroxylation is 1. The van der Waals surface area contributed by atoms with E-state index in [0.717, 1.165) is 22.5 Å². The molecule has 0 aliphatic heterocycles. The Balaban J connectivity index is 1.55. The Kier molecular flexibility index (Phi) is 4.95. The first-order chi connectivity index (χ1) is 14.0. The van der Waals surface area contributed by atoms with Crippen molar-refractivity contribution in [2.24, 2.45) is 0 Å². The van der Waals surface area contributed by atoms with Gasteiger partial charge in [-0.25, -0.2) is 4.39 Å². The summed E-state index contributed by atoms with van der Waals surface area (Å²) in [6.07, 6.45) is 0. The lowest BCUT2D eigenvalue weighted by molar-refractivity contribution is -0.116. The van der Waals surface area contributed by atoms with Crippen molar-refractivity contribution in [3.8, 4) is 22.9 Å².